The number of pyridine rings is 2. The maximum absolute atomic E-state index is 13.5. The largest absolute Gasteiger partial charge is 0.478 e. The minimum atomic E-state index is -1.19. The zero-order valence-electron chi connectivity index (χ0n) is 8.80. The second-order valence-electron chi connectivity index (χ2n) is 3.22. The van der Waals surface area contributed by atoms with Gasteiger partial charge in [0, 0.05) is 16.9 Å². The molecular weight excluding hydrogens is 307 g/mol. The number of carboxylic acids is 1. The van der Waals surface area contributed by atoms with E-state index in [0.29, 0.717) is 4.47 Å². The molecule has 7 heteroatoms. The van der Waals surface area contributed by atoms with Crippen LogP contribution in [0.5, 0.6) is 11.6 Å². The molecular formula is C11H6BrFN2O3. The lowest BCUT2D eigenvalue weighted by molar-refractivity contribution is 0.0693. The first-order valence-electron chi connectivity index (χ1n) is 4.74. The molecule has 0 radical (unpaired) electrons. The number of rotatable bonds is 3. The Kier molecular flexibility index (Phi) is 3.52. The van der Waals surface area contributed by atoms with Gasteiger partial charge in [-0.1, -0.05) is 0 Å². The maximum Gasteiger partial charge on any atom is 0.339 e. The van der Waals surface area contributed by atoms with Crippen molar-refractivity contribution in [3.05, 3.63) is 46.6 Å². The number of carboxylic acid groups (broad SMARTS) is 1. The molecule has 0 amide bonds. The SMILES string of the molecule is O=C(O)c1ccncc1Oc1ncc(Br)cc1F. The van der Waals surface area contributed by atoms with Crippen molar-refractivity contribution in [3.8, 4) is 11.6 Å². The fourth-order valence-electron chi connectivity index (χ4n) is 1.22. The Hall–Kier alpha value is -2.02. The molecule has 0 aliphatic heterocycles. The summed E-state index contributed by atoms with van der Waals surface area (Å²) in [6.45, 7) is 0. The number of aromatic nitrogens is 2. The van der Waals surface area contributed by atoms with Gasteiger partial charge in [0.1, 0.15) is 5.56 Å². The van der Waals surface area contributed by atoms with Gasteiger partial charge in [-0.25, -0.2) is 14.2 Å². The third-order valence-electron chi connectivity index (χ3n) is 2.00. The van der Waals surface area contributed by atoms with Crippen molar-refractivity contribution in [1.29, 1.82) is 0 Å². The highest BCUT2D eigenvalue weighted by atomic mass is 79.9. The number of carbonyl (C=O) groups is 1. The lowest BCUT2D eigenvalue weighted by atomic mass is 10.2. The molecule has 0 spiro atoms. The van der Waals surface area contributed by atoms with Crippen LogP contribution in [0.2, 0.25) is 0 Å². The Morgan fingerprint density at radius 3 is 2.89 bits per heavy atom. The molecule has 0 fully saturated rings. The molecule has 1 N–H and O–H groups in total. The Morgan fingerprint density at radius 1 is 1.44 bits per heavy atom. The van der Waals surface area contributed by atoms with Crippen molar-refractivity contribution in [1.82, 2.24) is 9.97 Å². The summed E-state index contributed by atoms with van der Waals surface area (Å²) in [6, 6.07) is 2.42. The van der Waals surface area contributed by atoms with Crippen LogP contribution in [0.3, 0.4) is 0 Å². The molecule has 0 bridgehead atoms. The predicted octanol–water partition coefficient (Wildman–Crippen LogP) is 2.87. The van der Waals surface area contributed by atoms with Gasteiger partial charge in [0.25, 0.3) is 5.88 Å². The number of halogens is 2. The summed E-state index contributed by atoms with van der Waals surface area (Å²) in [5.74, 6) is -2.28. The summed E-state index contributed by atoms with van der Waals surface area (Å²) in [5, 5.41) is 8.93. The van der Waals surface area contributed by atoms with Crippen LogP contribution < -0.4 is 4.74 Å². The van der Waals surface area contributed by atoms with E-state index in [-0.39, 0.29) is 17.2 Å². The van der Waals surface area contributed by atoms with Gasteiger partial charge in [-0.3, -0.25) is 4.98 Å². The first-order valence-corrected chi connectivity index (χ1v) is 5.53. The van der Waals surface area contributed by atoms with Gasteiger partial charge in [-0.05, 0) is 28.1 Å². The van der Waals surface area contributed by atoms with Crippen molar-refractivity contribution in [2.45, 2.75) is 0 Å². The Labute approximate surface area is 109 Å². The minimum Gasteiger partial charge on any atom is -0.478 e. The highest BCUT2D eigenvalue weighted by Crippen LogP contribution is 2.26. The molecule has 18 heavy (non-hydrogen) atoms. The number of hydrogen-bond acceptors (Lipinski definition) is 4. The van der Waals surface area contributed by atoms with Crippen molar-refractivity contribution in [3.63, 3.8) is 0 Å². The molecule has 92 valence electrons. The van der Waals surface area contributed by atoms with Gasteiger partial charge >= 0.3 is 5.97 Å². The predicted molar refractivity (Wildman–Crippen MR) is 63.2 cm³/mol. The van der Waals surface area contributed by atoms with Crippen LogP contribution in [0.25, 0.3) is 0 Å². The minimum absolute atomic E-state index is 0.0706. The summed E-state index contributed by atoms with van der Waals surface area (Å²) < 4.78 is 19.0. The van der Waals surface area contributed by atoms with Crippen LogP contribution in [-0.2, 0) is 0 Å². The second-order valence-corrected chi connectivity index (χ2v) is 4.14. The molecule has 0 aliphatic rings. The smallest absolute Gasteiger partial charge is 0.339 e. The molecule has 2 aromatic rings. The van der Waals surface area contributed by atoms with Gasteiger partial charge < -0.3 is 9.84 Å². The first kappa shape index (κ1) is 12.4. The van der Waals surface area contributed by atoms with E-state index >= 15 is 0 Å². The Bertz CT molecular complexity index is 607. The summed E-state index contributed by atoms with van der Waals surface area (Å²) >= 11 is 3.05. The van der Waals surface area contributed by atoms with Crippen LogP contribution in [0.15, 0.2) is 35.2 Å². The lowest BCUT2D eigenvalue weighted by Gasteiger charge is -2.07. The Morgan fingerprint density at radius 2 is 2.22 bits per heavy atom. The van der Waals surface area contributed by atoms with Crippen LogP contribution in [0, 0.1) is 5.82 Å². The van der Waals surface area contributed by atoms with Crippen LogP contribution in [0.4, 0.5) is 4.39 Å². The van der Waals surface area contributed by atoms with Gasteiger partial charge in [0.15, 0.2) is 11.6 Å². The highest BCUT2D eigenvalue weighted by Gasteiger charge is 2.14. The van der Waals surface area contributed by atoms with Crippen molar-refractivity contribution in [2.75, 3.05) is 0 Å². The number of aromatic carboxylic acids is 1. The van der Waals surface area contributed by atoms with Crippen molar-refractivity contribution in [2.24, 2.45) is 0 Å². The topological polar surface area (TPSA) is 72.3 Å². The summed E-state index contributed by atoms with van der Waals surface area (Å²) in [6.07, 6.45) is 3.84. The average molecular weight is 313 g/mol. The first-order chi connectivity index (χ1) is 8.58. The summed E-state index contributed by atoms with van der Waals surface area (Å²) in [7, 11) is 0. The van der Waals surface area contributed by atoms with E-state index in [1.165, 1.54) is 30.7 Å². The van der Waals surface area contributed by atoms with Crippen molar-refractivity contribution >= 4 is 21.9 Å². The fourth-order valence-corrected chi connectivity index (χ4v) is 1.52. The summed E-state index contributed by atoms with van der Waals surface area (Å²) in [5.41, 5.74) is -0.117. The van der Waals surface area contributed by atoms with E-state index < -0.39 is 11.8 Å². The Balaban J connectivity index is 2.37. The number of ether oxygens (including phenoxy) is 1. The molecule has 0 unspecified atom stereocenters. The molecule has 2 rings (SSSR count). The molecule has 0 aromatic carbocycles. The number of nitrogens with zero attached hydrogens (tertiary/aromatic N) is 2. The van der Waals surface area contributed by atoms with Gasteiger partial charge in [-0.2, -0.15) is 0 Å². The fraction of sp³-hybridized carbons (Fsp3) is 0. The quantitative estimate of drug-likeness (QED) is 0.943. The molecule has 2 aromatic heterocycles. The van der Waals surface area contributed by atoms with Crippen molar-refractivity contribution < 1.29 is 19.0 Å². The second kappa shape index (κ2) is 5.09. The van der Waals surface area contributed by atoms with Gasteiger partial charge in [0.05, 0.1) is 6.20 Å². The van der Waals surface area contributed by atoms with E-state index in [4.69, 9.17) is 9.84 Å². The van der Waals surface area contributed by atoms with E-state index in [0.717, 1.165) is 0 Å². The molecule has 0 saturated carbocycles. The molecule has 2 heterocycles. The van der Waals surface area contributed by atoms with E-state index in [9.17, 15) is 9.18 Å². The molecule has 0 aliphatic carbocycles. The lowest BCUT2D eigenvalue weighted by Crippen LogP contribution is -2.02. The standard InChI is InChI=1S/C11H6BrFN2O3/c12-6-3-8(13)10(15-4-6)18-9-5-14-2-1-7(9)11(16)17/h1-5H,(H,16,17). The van der Waals surface area contributed by atoms with Crippen LogP contribution >= 0.6 is 15.9 Å². The average Bonchev–Trinajstić information content (AvgIpc) is 2.33. The molecule has 5 nitrogen and oxygen atoms in total. The monoisotopic (exact) mass is 312 g/mol. The third-order valence-corrected chi connectivity index (χ3v) is 2.43. The van der Waals surface area contributed by atoms with Crippen LogP contribution in [-0.4, -0.2) is 21.0 Å². The number of hydrogen-bond donors (Lipinski definition) is 1. The summed E-state index contributed by atoms with van der Waals surface area (Å²) in [4.78, 5) is 18.4. The highest BCUT2D eigenvalue weighted by molar-refractivity contribution is 9.10. The zero-order chi connectivity index (χ0) is 13.1. The molecule has 0 saturated heterocycles. The van der Waals surface area contributed by atoms with E-state index in [2.05, 4.69) is 25.9 Å². The molecule has 0 atom stereocenters. The maximum atomic E-state index is 13.5. The van der Waals surface area contributed by atoms with Crippen LogP contribution in [0.1, 0.15) is 10.4 Å². The zero-order valence-corrected chi connectivity index (χ0v) is 10.4. The van der Waals surface area contributed by atoms with Gasteiger partial charge in [-0.15, -0.1) is 0 Å². The van der Waals surface area contributed by atoms with E-state index in [1.807, 2.05) is 0 Å². The normalized spacial score (nSPS) is 10.1. The van der Waals surface area contributed by atoms with E-state index in [1.54, 1.807) is 0 Å². The van der Waals surface area contributed by atoms with Gasteiger partial charge in [0.2, 0.25) is 0 Å². The third kappa shape index (κ3) is 2.62.